The fourth-order valence-electron chi connectivity index (χ4n) is 4.62. The van der Waals surface area contributed by atoms with Gasteiger partial charge in [-0.3, -0.25) is 4.90 Å². The molecule has 0 aromatic heterocycles. The number of methoxy groups -OCH3 is 1. The van der Waals surface area contributed by atoms with Crippen molar-refractivity contribution in [2.24, 2.45) is 0 Å². The van der Waals surface area contributed by atoms with Crippen LogP contribution in [0.25, 0.3) is 10.8 Å². The molecule has 0 spiro atoms. The van der Waals surface area contributed by atoms with E-state index >= 15 is 0 Å². The lowest BCUT2D eigenvalue weighted by Crippen LogP contribution is -2.46. The maximum Gasteiger partial charge on any atom is 0.126 e. The molecule has 0 radical (unpaired) electrons. The first kappa shape index (κ1) is 16.9. The zero-order valence-corrected chi connectivity index (χ0v) is 15.4. The number of fused-ring (bicyclic) bond motifs is 1. The number of hydrogen-bond acceptors (Lipinski definition) is 3. The van der Waals surface area contributed by atoms with Gasteiger partial charge in [0.2, 0.25) is 0 Å². The van der Waals surface area contributed by atoms with Crippen molar-refractivity contribution in [3.63, 3.8) is 0 Å². The van der Waals surface area contributed by atoms with Crippen LogP contribution in [0.5, 0.6) is 5.75 Å². The monoisotopic (exact) mass is 338 g/mol. The number of piperidine rings is 2. The number of likely N-dealkylation sites (tertiary alicyclic amines) is 2. The highest BCUT2D eigenvalue weighted by molar-refractivity contribution is 5.91. The van der Waals surface area contributed by atoms with Crippen molar-refractivity contribution < 1.29 is 4.74 Å². The van der Waals surface area contributed by atoms with Crippen LogP contribution in [0, 0.1) is 0 Å². The van der Waals surface area contributed by atoms with Gasteiger partial charge in [0.15, 0.2) is 0 Å². The van der Waals surface area contributed by atoms with Crippen molar-refractivity contribution >= 4 is 10.8 Å². The summed E-state index contributed by atoms with van der Waals surface area (Å²) in [5, 5.41) is 2.56. The van der Waals surface area contributed by atoms with E-state index in [1.807, 2.05) is 0 Å². The Morgan fingerprint density at radius 1 is 0.880 bits per heavy atom. The summed E-state index contributed by atoms with van der Waals surface area (Å²) in [5.74, 6) is 0.975. The van der Waals surface area contributed by atoms with Crippen LogP contribution in [0.2, 0.25) is 0 Å². The highest BCUT2D eigenvalue weighted by Crippen LogP contribution is 2.30. The van der Waals surface area contributed by atoms with Crippen LogP contribution in [0.3, 0.4) is 0 Å². The molecule has 2 fully saturated rings. The van der Waals surface area contributed by atoms with E-state index in [1.54, 1.807) is 7.11 Å². The second-order valence-corrected chi connectivity index (χ2v) is 7.58. The van der Waals surface area contributed by atoms with Crippen molar-refractivity contribution in [1.82, 2.24) is 9.80 Å². The van der Waals surface area contributed by atoms with E-state index in [0.717, 1.165) is 18.3 Å². The topological polar surface area (TPSA) is 15.7 Å². The second kappa shape index (κ2) is 7.76. The largest absolute Gasteiger partial charge is 0.496 e. The Morgan fingerprint density at radius 2 is 1.60 bits per heavy atom. The van der Waals surface area contributed by atoms with Crippen LogP contribution in [0.4, 0.5) is 0 Å². The summed E-state index contributed by atoms with van der Waals surface area (Å²) in [5.41, 5.74) is 1.42. The van der Waals surface area contributed by atoms with Gasteiger partial charge in [-0.1, -0.05) is 36.8 Å². The maximum atomic E-state index is 5.53. The Kier molecular flexibility index (Phi) is 5.23. The smallest absolute Gasteiger partial charge is 0.126 e. The third-order valence-electron chi connectivity index (χ3n) is 6.05. The molecule has 0 N–H and O–H groups in total. The Morgan fingerprint density at radius 3 is 2.32 bits per heavy atom. The summed E-state index contributed by atoms with van der Waals surface area (Å²) < 4.78 is 5.53. The minimum absolute atomic E-state index is 0.823. The van der Waals surface area contributed by atoms with Crippen molar-refractivity contribution in [3.8, 4) is 5.75 Å². The average Bonchev–Trinajstić information content (AvgIpc) is 2.69. The molecule has 2 heterocycles. The van der Waals surface area contributed by atoms with Crippen LogP contribution < -0.4 is 4.74 Å². The first-order valence-corrected chi connectivity index (χ1v) is 9.86. The Bertz CT molecular complexity index is 700. The molecule has 25 heavy (non-hydrogen) atoms. The standard InChI is InChI=1S/C22H30N2O/c1-25-22-10-9-18(20-7-3-4-8-21(20)22)17-23-15-11-19(12-16-23)24-13-5-2-6-14-24/h3-4,7-10,19H,2,5-6,11-17H2,1H3. The molecule has 0 aliphatic carbocycles. The van der Waals surface area contributed by atoms with E-state index in [2.05, 4.69) is 46.2 Å². The normalized spacial score (nSPS) is 20.8. The molecule has 0 amide bonds. The van der Waals surface area contributed by atoms with Gasteiger partial charge in [0.25, 0.3) is 0 Å². The van der Waals surface area contributed by atoms with Gasteiger partial charge in [-0.15, -0.1) is 0 Å². The van der Waals surface area contributed by atoms with Gasteiger partial charge in [0.05, 0.1) is 7.11 Å². The van der Waals surface area contributed by atoms with Gasteiger partial charge in [-0.05, 0) is 68.9 Å². The van der Waals surface area contributed by atoms with Crippen molar-refractivity contribution in [2.45, 2.75) is 44.7 Å². The zero-order valence-electron chi connectivity index (χ0n) is 15.4. The van der Waals surface area contributed by atoms with Gasteiger partial charge in [0, 0.05) is 18.0 Å². The molecule has 0 unspecified atom stereocenters. The van der Waals surface area contributed by atoms with Gasteiger partial charge < -0.3 is 9.64 Å². The summed E-state index contributed by atoms with van der Waals surface area (Å²) in [6, 6.07) is 13.8. The van der Waals surface area contributed by atoms with Gasteiger partial charge >= 0.3 is 0 Å². The number of hydrogen-bond donors (Lipinski definition) is 0. The van der Waals surface area contributed by atoms with Crippen molar-refractivity contribution in [3.05, 3.63) is 42.0 Å². The van der Waals surface area contributed by atoms with E-state index in [9.17, 15) is 0 Å². The number of ether oxygens (including phenoxy) is 1. The summed E-state index contributed by atoms with van der Waals surface area (Å²) in [6.45, 7) is 6.15. The van der Waals surface area contributed by atoms with Crippen LogP contribution in [0.1, 0.15) is 37.7 Å². The minimum atomic E-state index is 0.823. The minimum Gasteiger partial charge on any atom is -0.496 e. The Labute approximate surface area is 151 Å². The highest BCUT2D eigenvalue weighted by atomic mass is 16.5. The number of rotatable bonds is 4. The zero-order chi connectivity index (χ0) is 17.1. The Balaban J connectivity index is 1.43. The first-order chi connectivity index (χ1) is 12.3. The summed E-state index contributed by atoms with van der Waals surface area (Å²) >= 11 is 0. The third kappa shape index (κ3) is 3.68. The predicted octanol–water partition coefficient (Wildman–Crippen LogP) is 4.30. The Hall–Kier alpha value is -1.58. The SMILES string of the molecule is COc1ccc(CN2CCC(N3CCCCC3)CC2)c2ccccc12. The van der Waals surface area contributed by atoms with Crippen molar-refractivity contribution in [2.75, 3.05) is 33.3 Å². The second-order valence-electron chi connectivity index (χ2n) is 7.58. The average molecular weight is 338 g/mol. The third-order valence-corrected chi connectivity index (χ3v) is 6.05. The van der Waals surface area contributed by atoms with Gasteiger partial charge in [-0.25, -0.2) is 0 Å². The molecule has 0 bridgehead atoms. The van der Waals surface area contributed by atoms with E-state index in [-0.39, 0.29) is 0 Å². The van der Waals surface area contributed by atoms with Gasteiger partial charge in [0.1, 0.15) is 5.75 Å². The van der Waals surface area contributed by atoms with Crippen LogP contribution in [-0.2, 0) is 6.54 Å². The molecule has 2 aromatic carbocycles. The molecular formula is C22H30N2O. The lowest BCUT2D eigenvalue weighted by Gasteiger charge is -2.40. The highest BCUT2D eigenvalue weighted by Gasteiger charge is 2.25. The van der Waals surface area contributed by atoms with Crippen LogP contribution in [0.15, 0.2) is 36.4 Å². The van der Waals surface area contributed by atoms with Crippen molar-refractivity contribution in [1.29, 1.82) is 0 Å². The molecule has 3 heteroatoms. The van der Waals surface area contributed by atoms with E-state index in [1.165, 1.54) is 74.6 Å². The van der Waals surface area contributed by atoms with E-state index < -0.39 is 0 Å². The lowest BCUT2D eigenvalue weighted by atomic mass is 9.98. The molecule has 2 aliphatic rings. The molecule has 4 rings (SSSR count). The summed E-state index contributed by atoms with van der Waals surface area (Å²) in [6.07, 6.45) is 6.89. The van der Waals surface area contributed by atoms with E-state index in [0.29, 0.717) is 0 Å². The summed E-state index contributed by atoms with van der Waals surface area (Å²) in [4.78, 5) is 5.39. The quantitative estimate of drug-likeness (QED) is 0.827. The number of benzene rings is 2. The maximum absolute atomic E-state index is 5.53. The van der Waals surface area contributed by atoms with Gasteiger partial charge in [-0.2, -0.15) is 0 Å². The lowest BCUT2D eigenvalue weighted by molar-refractivity contribution is 0.0898. The first-order valence-electron chi connectivity index (χ1n) is 9.86. The van der Waals surface area contributed by atoms with Crippen LogP contribution in [-0.4, -0.2) is 49.1 Å². The molecule has 2 aliphatic heterocycles. The number of nitrogens with zero attached hydrogens (tertiary/aromatic N) is 2. The summed E-state index contributed by atoms with van der Waals surface area (Å²) in [7, 11) is 1.76. The molecule has 2 saturated heterocycles. The van der Waals surface area contributed by atoms with E-state index in [4.69, 9.17) is 4.74 Å². The molecule has 2 aromatic rings. The predicted molar refractivity (Wildman–Crippen MR) is 104 cm³/mol. The fraction of sp³-hybridized carbons (Fsp3) is 0.545. The molecule has 134 valence electrons. The molecule has 0 saturated carbocycles. The molecular weight excluding hydrogens is 308 g/mol. The fourth-order valence-corrected chi connectivity index (χ4v) is 4.62. The molecule has 0 atom stereocenters. The van der Waals surface area contributed by atoms with Crippen LogP contribution >= 0.6 is 0 Å². The molecule has 3 nitrogen and oxygen atoms in total.